The van der Waals surface area contributed by atoms with Crippen molar-refractivity contribution >= 4 is 11.8 Å². The van der Waals surface area contributed by atoms with Crippen LogP contribution in [0.15, 0.2) is 0 Å². The maximum atomic E-state index is 12.2. The smallest absolute Gasteiger partial charge is 0.225 e. The predicted octanol–water partition coefficient (Wildman–Crippen LogP) is 0.324. The Morgan fingerprint density at radius 2 is 2.11 bits per heavy atom. The van der Waals surface area contributed by atoms with E-state index in [9.17, 15) is 14.7 Å². The Kier molecular flexibility index (Phi) is 4.22. The Balaban J connectivity index is 1.90. The van der Waals surface area contributed by atoms with Crippen molar-refractivity contribution in [2.75, 3.05) is 13.2 Å². The van der Waals surface area contributed by atoms with Crippen molar-refractivity contribution < 1.29 is 14.7 Å². The molecule has 5 heteroatoms. The van der Waals surface area contributed by atoms with Crippen LogP contribution in [0.25, 0.3) is 0 Å². The molecule has 5 nitrogen and oxygen atoms in total. The Bertz CT molecular complexity index is 314. The lowest BCUT2D eigenvalue weighted by Gasteiger charge is -2.38. The van der Waals surface area contributed by atoms with Crippen molar-refractivity contribution in [1.82, 2.24) is 10.6 Å². The molecule has 0 aromatic heterocycles. The van der Waals surface area contributed by atoms with E-state index in [-0.39, 0.29) is 24.3 Å². The first-order chi connectivity index (χ1) is 8.65. The zero-order valence-corrected chi connectivity index (χ0v) is 10.7. The summed E-state index contributed by atoms with van der Waals surface area (Å²) in [6.07, 6.45) is 6.04. The summed E-state index contributed by atoms with van der Waals surface area (Å²) in [5.74, 6) is -0.146. The number of aliphatic hydroxyl groups excluding tert-OH is 1. The summed E-state index contributed by atoms with van der Waals surface area (Å²) < 4.78 is 0. The van der Waals surface area contributed by atoms with E-state index >= 15 is 0 Å². The fraction of sp³-hybridized carbons (Fsp3) is 0.846. The van der Waals surface area contributed by atoms with Crippen LogP contribution in [0.5, 0.6) is 0 Å². The third-order valence-electron chi connectivity index (χ3n) is 4.14. The number of hydrogen-bond acceptors (Lipinski definition) is 3. The van der Waals surface area contributed by atoms with Gasteiger partial charge in [0.1, 0.15) is 0 Å². The van der Waals surface area contributed by atoms with Crippen LogP contribution in [-0.2, 0) is 9.59 Å². The van der Waals surface area contributed by atoms with E-state index < -0.39 is 5.54 Å². The first-order valence-corrected chi connectivity index (χ1v) is 6.85. The molecule has 0 spiro atoms. The number of hydrogen-bond donors (Lipinski definition) is 3. The second-order valence-corrected chi connectivity index (χ2v) is 5.53. The van der Waals surface area contributed by atoms with Crippen LogP contribution in [0.4, 0.5) is 0 Å². The van der Waals surface area contributed by atoms with Gasteiger partial charge in [0.2, 0.25) is 11.8 Å². The third kappa shape index (κ3) is 3.02. The molecule has 2 rings (SSSR count). The van der Waals surface area contributed by atoms with Crippen LogP contribution in [0, 0.1) is 5.92 Å². The Hall–Kier alpha value is -1.10. The lowest BCUT2D eigenvalue weighted by molar-refractivity contribution is -0.131. The van der Waals surface area contributed by atoms with Gasteiger partial charge in [-0.2, -0.15) is 0 Å². The number of rotatable bonds is 3. The van der Waals surface area contributed by atoms with Crippen LogP contribution in [0.3, 0.4) is 0 Å². The fourth-order valence-corrected chi connectivity index (χ4v) is 2.87. The van der Waals surface area contributed by atoms with E-state index in [1.165, 1.54) is 6.42 Å². The second kappa shape index (κ2) is 5.69. The molecule has 0 radical (unpaired) electrons. The Morgan fingerprint density at radius 1 is 1.39 bits per heavy atom. The molecule has 0 bridgehead atoms. The van der Waals surface area contributed by atoms with Gasteiger partial charge in [-0.15, -0.1) is 0 Å². The first-order valence-electron chi connectivity index (χ1n) is 6.85. The molecule has 2 fully saturated rings. The minimum absolute atomic E-state index is 0.0117. The van der Waals surface area contributed by atoms with Gasteiger partial charge in [0.05, 0.1) is 18.1 Å². The molecule has 1 atom stereocenters. The molecular weight excluding hydrogens is 232 g/mol. The molecule has 102 valence electrons. The highest BCUT2D eigenvalue weighted by Gasteiger charge is 2.35. The second-order valence-electron chi connectivity index (χ2n) is 5.53. The maximum Gasteiger partial charge on any atom is 0.225 e. The number of carbonyl (C=O) groups excluding carboxylic acids is 2. The molecule has 1 unspecified atom stereocenters. The number of carbonyl (C=O) groups is 2. The van der Waals surface area contributed by atoms with Gasteiger partial charge < -0.3 is 15.7 Å². The van der Waals surface area contributed by atoms with E-state index in [4.69, 9.17) is 0 Å². The van der Waals surface area contributed by atoms with Crippen LogP contribution in [0.1, 0.15) is 44.9 Å². The Labute approximate surface area is 107 Å². The topological polar surface area (TPSA) is 78.4 Å². The fourth-order valence-electron chi connectivity index (χ4n) is 2.87. The predicted molar refractivity (Wildman–Crippen MR) is 66.8 cm³/mol. The van der Waals surface area contributed by atoms with E-state index in [0.717, 1.165) is 25.7 Å². The molecule has 18 heavy (non-hydrogen) atoms. The van der Waals surface area contributed by atoms with Gasteiger partial charge in [0.15, 0.2) is 0 Å². The molecule has 2 aliphatic rings. The standard InChI is InChI=1S/C13H22N2O3/c16-9-13(6-2-1-3-7-13)15-12(18)10-4-5-11(17)14-8-10/h10,16H,1-9H2,(H,14,17)(H,15,18). The van der Waals surface area contributed by atoms with E-state index in [1.807, 2.05) is 0 Å². The summed E-state index contributed by atoms with van der Waals surface area (Å²) in [6, 6.07) is 0. The first kappa shape index (κ1) is 13.3. The lowest BCUT2D eigenvalue weighted by Crippen LogP contribution is -2.55. The molecule has 2 amide bonds. The van der Waals surface area contributed by atoms with E-state index in [0.29, 0.717) is 19.4 Å². The van der Waals surface area contributed by atoms with E-state index in [2.05, 4.69) is 10.6 Å². The highest BCUT2D eigenvalue weighted by Crippen LogP contribution is 2.28. The Morgan fingerprint density at radius 3 is 2.67 bits per heavy atom. The van der Waals surface area contributed by atoms with Gasteiger partial charge in [-0.1, -0.05) is 19.3 Å². The normalized spacial score (nSPS) is 27.4. The minimum Gasteiger partial charge on any atom is -0.394 e. The third-order valence-corrected chi connectivity index (χ3v) is 4.14. The molecule has 1 heterocycles. The van der Waals surface area contributed by atoms with Crippen molar-refractivity contribution in [2.24, 2.45) is 5.92 Å². The molecular formula is C13H22N2O3. The average Bonchev–Trinajstić information content (AvgIpc) is 2.40. The summed E-state index contributed by atoms with van der Waals surface area (Å²) >= 11 is 0. The lowest BCUT2D eigenvalue weighted by atomic mass is 9.81. The van der Waals surface area contributed by atoms with Crippen molar-refractivity contribution in [1.29, 1.82) is 0 Å². The monoisotopic (exact) mass is 254 g/mol. The van der Waals surface area contributed by atoms with Gasteiger partial charge in [0, 0.05) is 13.0 Å². The van der Waals surface area contributed by atoms with Crippen molar-refractivity contribution in [3.05, 3.63) is 0 Å². The van der Waals surface area contributed by atoms with Crippen molar-refractivity contribution in [2.45, 2.75) is 50.5 Å². The van der Waals surface area contributed by atoms with Gasteiger partial charge in [0.25, 0.3) is 0 Å². The summed E-state index contributed by atoms with van der Waals surface area (Å²) in [6.45, 7) is 0.435. The van der Waals surface area contributed by atoms with Crippen molar-refractivity contribution in [3.63, 3.8) is 0 Å². The largest absolute Gasteiger partial charge is 0.394 e. The molecule has 1 saturated carbocycles. The molecule has 3 N–H and O–H groups in total. The summed E-state index contributed by atoms with van der Waals surface area (Å²) in [5.41, 5.74) is -0.420. The van der Waals surface area contributed by atoms with Gasteiger partial charge in [-0.25, -0.2) is 0 Å². The summed E-state index contributed by atoms with van der Waals surface area (Å²) in [4.78, 5) is 23.2. The number of amides is 2. The van der Waals surface area contributed by atoms with Gasteiger partial charge in [-0.3, -0.25) is 9.59 Å². The van der Waals surface area contributed by atoms with Crippen LogP contribution in [0.2, 0.25) is 0 Å². The van der Waals surface area contributed by atoms with E-state index in [1.54, 1.807) is 0 Å². The summed E-state index contributed by atoms with van der Waals surface area (Å²) in [7, 11) is 0. The molecule has 1 aliphatic heterocycles. The van der Waals surface area contributed by atoms with Crippen molar-refractivity contribution in [3.8, 4) is 0 Å². The zero-order chi connectivity index (χ0) is 13.0. The SMILES string of the molecule is O=C1CCC(C(=O)NC2(CO)CCCCC2)CN1. The highest BCUT2D eigenvalue weighted by molar-refractivity contribution is 5.84. The van der Waals surface area contributed by atoms with Crippen LogP contribution in [-0.4, -0.2) is 35.6 Å². The minimum atomic E-state index is -0.420. The number of aliphatic hydroxyl groups is 1. The van der Waals surface area contributed by atoms with Crippen LogP contribution >= 0.6 is 0 Å². The maximum absolute atomic E-state index is 12.2. The molecule has 1 aliphatic carbocycles. The average molecular weight is 254 g/mol. The molecule has 0 aromatic rings. The number of piperidine rings is 1. The summed E-state index contributed by atoms with van der Waals surface area (Å²) in [5, 5.41) is 15.3. The molecule has 1 saturated heterocycles. The number of nitrogens with one attached hydrogen (secondary N) is 2. The van der Waals surface area contributed by atoms with Gasteiger partial charge >= 0.3 is 0 Å². The van der Waals surface area contributed by atoms with Gasteiger partial charge in [-0.05, 0) is 19.3 Å². The highest BCUT2D eigenvalue weighted by atomic mass is 16.3. The molecule has 0 aromatic carbocycles. The quantitative estimate of drug-likeness (QED) is 0.679. The zero-order valence-electron chi connectivity index (χ0n) is 10.7. The van der Waals surface area contributed by atoms with Crippen LogP contribution < -0.4 is 10.6 Å².